The standard InChI is InChI=1S/C19H19N3O2S/c20-15-19(25(23,24)18-9-5-2-6-10-18)16-21-11-13-22(14-12-21)17-7-3-1-4-8-17/h1-10,16H,11-14H2/b19-16-. The smallest absolute Gasteiger partial charge is 0.218 e. The van der Waals surface area contributed by atoms with Crippen LogP contribution in [0.5, 0.6) is 0 Å². The monoisotopic (exact) mass is 353 g/mol. The molecule has 0 aromatic heterocycles. The zero-order valence-corrected chi connectivity index (χ0v) is 14.6. The summed E-state index contributed by atoms with van der Waals surface area (Å²) in [4.78, 5) is 4.08. The van der Waals surface area contributed by atoms with E-state index in [1.165, 1.54) is 18.3 Å². The van der Waals surface area contributed by atoms with Crippen LogP contribution in [0.1, 0.15) is 0 Å². The average Bonchev–Trinajstić information content (AvgIpc) is 2.68. The van der Waals surface area contributed by atoms with Gasteiger partial charge in [-0.1, -0.05) is 36.4 Å². The Balaban J connectivity index is 1.73. The molecule has 0 radical (unpaired) electrons. The number of nitrogens with zero attached hydrogens (tertiary/aromatic N) is 3. The van der Waals surface area contributed by atoms with E-state index in [-0.39, 0.29) is 9.80 Å². The highest BCUT2D eigenvalue weighted by Crippen LogP contribution is 2.20. The SMILES string of the molecule is N#C/C(=C/N1CCN(c2ccccc2)CC1)S(=O)(=O)c1ccccc1. The summed E-state index contributed by atoms with van der Waals surface area (Å²) in [6, 6.07) is 20.0. The molecule has 1 fully saturated rings. The van der Waals surface area contributed by atoms with Crippen LogP contribution in [-0.4, -0.2) is 39.5 Å². The predicted octanol–water partition coefficient (Wildman–Crippen LogP) is 2.65. The highest BCUT2D eigenvalue weighted by Gasteiger charge is 2.23. The topological polar surface area (TPSA) is 64.4 Å². The Morgan fingerprint density at radius 1 is 0.920 bits per heavy atom. The van der Waals surface area contributed by atoms with E-state index in [1.54, 1.807) is 18.2 Å². The van der Waals surface area contributed by atoms with Gasteiger partial charge in [-0.2, -0.15) is 5.26 Å². The quantitative estimate of drug-likeness (QED) is 0.791. The molecule has 1 aliphatic rings. The molecule has 6 heteroatoms. The van der Waals surface area contributed by atoms with Gasteiger partial charge in [0.2, 0.25) is 9.84 Å². The van der Waals surface area contributed by atoms with Crippen LogP contribution in [0.2, 0.25) is 0 Å². The van der Waals surface area contributed by atoms with Crippen LogP contribution in [0.4, 0.5) is 5.69 Å². The maximum atomic E-state index is 12.6. The van der Waals surface area contributed by atoms with Crippen LogP contribution < -0.4 is 4.90 Å². The molecular formula is C19H19N3O2S. The lowest BCUT2D eigenvalue weighted by Crippen LogP contribution is -2.44. The molecule has 0 atom stereocenters. The second kappa shape index (κ2) is 7.41. The summed E-state index contributed by atoms with van der Waals surface area (Å²) in [5.74, 6) is 0. The molecular weight excluding hydrogens is 334 g/mol. The highest BCUT2D eigenvalue weighted by molar-refractivity contribution is 7.95. The fourth-order valence-corrected chi connectivity index (χ4v) is 3.98. The number of benzene rings is 2. The lowest BCUT2D eigenvalue weighted by atomic mass is 10.2. The molecule has 0 spiro atoms. The summed E-state index contributed by atoms with van der Waals surface area (Å²) in [6.45, 7) is 2.91. The molecule has 2 aromatic rings. The summed E-state index contributed by atoms with van der Waals surface area (Å²) >= 11 is 0. The van der Waals surface area contributed by atoms with Gasteiger partial charge in [0.05, 0.1) is 4.90 Å². The minimum Gasteiger partial charge on any atom is -0.372 e. The molecule has 3 rings (SSSR count). The van der Waals surface area contributed by atoms with E-state index < -0.39 is 9.84 Å². The largest absolute Gasteiger partial charge is 0.372 e. The normalized spacial score (nSPS) is 15.7. The molecule has 0 unspecified atom stereocenters. The lowest BCUT2D eigenvalue weighted by Gasteiger charge is -2.35. The third-order valence-electron chi connectivity index (χ3n) is 4.19. The van der Waals surface area contributed by atoms with Gasteiger partial charge >= 0.3 is 0 Å². The van der Waals surface area contributed by atoms with Gasteiger partial charge in [-0.15, -0.1) is 0 Å². The van der Waals surface area contributed by atoms with Gasteiger partial charge in [0.1, 0.15) is 6.07 Å². The number of allylic oxidation sites excluding steroid dienone is 1. The van der Waals surface area contributed by atoms with Gasteiger partial charge < -0.3 is 9.80 Å². The number of hydrogen-bond acceptors (Lipinski definition) is 5. The first kappa shape index (κ1) is 17.1. The number of anilines is 1. The minimum atomic E-state index is -3.77. The zero-order chi connectivity index (χ0) is 17.7. The molecule has 1 heterocycles. The Labute approximate surface area is 148 Å². The van der Waals surface area contributed by atoms with Crippen LogP contribution in [0.15, 0.2) is 76.7 Å². The van der Waals surface area contributed by atoms with E-state index in [0.717, 1.165) is 18.8 Å². The van der Waals surface area contributed by atoms with E-state index >= 15 is 0 Å². The molecule has 0 bridgehead atoms. The van der Waals surface area contributed by atoms with E-state index in [2.05, 4.69) is 17.0 Å². The second-order valence-corrected chi connectivity index (χ2v) is 7.70. The lowest BCUT2D eigenvalue weighted by molar-refractivity contribution is 0.348. The van der Waals surface area contributed by atoms with E-state index in [1.807, 2.05) is 29.2 Å². The number of nitriles is 1. The van der Waals surface area contributed by atoms with Crippen molar-refractivity contribution in [1.29, 1.82) is 5.26 Å². The van der Waals surface area contributed by atoms with Crippen molar-refractivity contribution in [3.8, 4) is 6.07 Å². The van der Waals surface area contributed by atoms with Gasteiger partial charge in [0.25, 0.3) is 0 Å². The first-order valence-electron chi connectivity index (χ1n) is 8.07. The Kier molecular flexibility index (Phi) is 5.05. The number of piperazine rings is 1. The van der Waals surface area contributed by atoms with Crippen LogP contribution in [0.25, 0.3) is 0 Å². The van der Waals surface area contributed by atoms with Crippen molar-refractivity contribution in [3.05, 3.63) is 71.8 Å². The zero-order valence-electron chi connectivity index (χ0n) is 13.7. The van der Waals surface area contributed by atoms with Gasteiger partial charge in [-0.05, 0) is 24.3 Å². The van der Waals surface area contributed by atoms with E-state index in [9.17, 15) is 13.7 Å². The number of hydrogen-bond donors (Lipinski definition) is 0. The first-order chi connectivity index (χ1) is 12.1. The Morgan fingerprint density at radius 2 is 1.48 bits per heavy atom. The summed E-state index contributed by atoms with van der Waals surface area (Å²) < 4.78 is 25.2. The highest BCUT2D eigenvalue weighted by atomic mass is 32.2. The fraction of sp³-hybridized carbons (Fsp3) is 0.211. The molecule has 0 aliphatic carbocycles. The van der Waals surface area contributed by atoms with Crippen molar-refractivity contribution in [1.82, 2.24) is 4.90 Å². The molecule has 1 saturated heterocycles. The van der Waals surface area contributed by atoms with Crippen molar-refractivity contribution in [2.45, 2.75) is 4.90 Å². The third kappa shape index (κ3) is 3.83. The molecule has 128 valence electrons. The first-order valence-corrected chi connectivity index (χ1v) is 9.56. The van der Waals surface area contributed by atoms with Crippen molar-refractivity contribution in [2.24, 2.45) is 0 Å². The van der Waals surface area contributed by atoms with Gasteiger partial charge in [0, 0.05) is 38.1 Å². The van der Waals surface area contributed by atoms with Crippen molar-refractivity contribution < 1.29 is 8.42 Å². The summed E-state index contributed by atoms with van der Waals surface area (Å²) in [5, 5.41) is 9.35. The predicted molar refractivity (Wildman–Crippen MR) is 97.6 cm³/mol. The van der Waals surface area contributed by atoms with E-state index in [4.69, 9.17) is 0 Å². The van der Waals surface area contributed by atoms with E-state index in [0.29, 0.717) is 13.1 Å². The molecule has 25 heavy (non-hydrogen) atoms. The second-order valence-electron chi connectivity index (χ2n) is 5.78. The summed E-state index contributed by atoms with van der Waals surface area (Å²) in [5.41, 5.74) is 1.16. The average molecular weight is 353 g/mol. The minimum absolute atomic E-state index is 0.144. The van der Waals surface area contributed by atoms with Crippen LogP contribution in [0, 0.1) is 11.3 Å². The Bertz CT molecular complexity index is 879. The Hall–Kier alpha value is -2.78. The van der Waals surface area contributed by atoms with Crippen LogP contribution in [-0.2, 0) is 9.84 Å². The molecule has 0 amide bonds. The maximum absolute atomic E-state index is 12.6. The van der Waals surface area contributed by atoms with Crippen molar-refractivity contribution in [3.63, 3.8) is 0 Å². The molecule has 2 aromatic carbocycles. The van der Waals surface area contributed by atoms with Gasteiger partial charge in [-0.25, -0.2) is 8.42 Å². The summed E-state index contributed by atoms with van der Waals surface area (Å²) in [7, 11) is -3.77. The molecule has 5 nitrogen and oxygen atoms in total. The molecule has 0 saturated carbocycles. The fourth-order valence-electron chi connectivity index (χ4n) is 2.80. The van der Waals surface area contributed by atoms with Gasteiger partial charge in [0.15, 0.2) is 4.91 Å². The molecule has 1 aliphatic heterocycles. The summed E-state index contributed by atoms with van der Waals surface area (Å²) in [6.07, 6.45) is 1.48. The Morgan fingerprint density at radius 3 is 2.04 bits per heavy atom. The van der Waals surface area contributed by atoms with Gasteiger partial charge in [-0.3, -0.25) is 0 Å². The van der Waals surface area contributed by atoms with Crippen LogP contribution >= 0.6 is 0 Å². The number of rotatable bonds is 4. The number of sulfone groups is 1. The van der Waals surface area contributed by atoms with Crippen LogP contribution in [0.3, 0.4) is 0 Å². The van der Waals surface area contributed by atoms with Crippen molar-refractivity contribution in [2.75, 3.05) is 31.1 Å². The van der Waals surface area contributed by atoms with Crippen molar-refractivity contribution >= 4 is 15.5 Å². The molecule has 0 N–H and O–H groups in total. The maximum Gasteiger partial charge on any atom is 0.218 e. The third-order valence-corrected chi connectivity index (χ3v) is 5.86. The number of para-hydroxylation sites is 1.